The molecule has 1 fully saturated rings. The van der Waals surface area contributed by atoms with E-state index in [0.29, 0.717) is 43.6 Å². The zero-order valence-corrected chi connectivity index (χ0v) is 16.5. The molecule has 158 valence electrons. The third kappa shape index (κ3) is 5.26. The molecule has 1 aromatic heterocycles. The van der Waals surface area contributed by atoms with E-state index < -0.39 is 22.1 Å². The summed E-state index contributed by atoms with van der Waals surface area (Å²) in [6.45, 7) is 5.69. The van der Waals surface area contributed by atoms with Crippen molar-refractivity contribution in [1.29, 1.82) is 0 Å². The van der Waals surface area contributed by atoms with Crippen LogP contribution in [0.2, 0.25) is 0 Å². The van der Waals surface area contributed by atoms with Crippen molar-refractivity contribution >= 4 is 21.7 Å². The average molecular weight is 432 g/mol. The zero-order valence-electron chi connectivity index (χ0n) is 15.7. The van der Waals surface area contributed by atoms with Gasteiger partial charge in [-0.2, -0.15) is 0 Å². The molecule has 0 amide bonds. The summed E-state index contributed by atoms with van der Waals surface area (Å²) in [5, 5.41) is 0. The molecule has 3 rings (SSSR count). The lowest BCUT2D eigenvalue weighted by Crippen LogP contribution is -2.37. The third-order valence-electron chi connectivity index (χ3n) is 4.16. The van der Waals surface area contributed by atoms with Gasteiger partial charge in [0.15, 0.2) is 0 Å². The van der Waals surface area contributed by atoms with E-state index in [0.717, 1.165) is 24.3 Å². The Morgan fingerprint density at radius 3 is 2.14 bits per heavy atom. The minimum atomic E-state index is -4.85. The third-order valence-corrected chi connectivity index (χ3v) is 5.52. The fraction of sp³-hybridized carbons (Fsp3) is 0.412. The Morgan fingerprint density at radius 2 is 1.62 bits per heavy atom. The van der Waals surface area contributed by atoms with Gasteiger partial charge in [-0.25, -0.2) is 18.4 Å². The highest BCUT2D eigenvalue weighted by atomic mass is 32.2. The van der Waals surface area contributed by atoms with Crippen LogP contribution >= 0.6 is 0 Å². The number of hydrogen-bond acceptors (Lipinski definition) is 7. The van der Waals surface area contributed by atoms with Crippen LogP contribution in [0.25, 0.3) is 0 Å². The average Bonchev–Trinajstić information content (AvgIpc) is 2.64. The van der Waals surface area contributed by atoms with Gasteiger partial charge >= 0.3 is 6.36 Å². The summed E-state index contributed by atoms with van der Waals surface area (Å²) in [5.74, 6) is -0.0260. The van der Waals surface area contributed by atoms with E-state index in [2.05, 4.69) is 19.4 Å². The molecule has 1 N–H and O–H groups in total. The summed E-state index contributed by atoms with van der Waals surface area (Å²) < 4.78 is 73.4. The predicted molar refractivity (Wildman–Crippen MR) is 98.5 cm³/mol. The highest BCUT2D eigenvalue weighted by Gasteiger charge is 2.31. The van der Waals surface area contributed by atoms with Gasteiger partial charge < -0.3 is 14.4 Å². The SMILES string of the molecule is Cc1nc(N2CCOCC2)nc(C)c1NS(=O)(=O)c1ccc(OC(F)(F)F)cc1. The highest BCUT2D eigenvalue weighted by Crippen LogP contribution is 2.27. The maximum atomic E-state index is 12.6. The lowest BCUT2D eigenvalue weighted by Gasteiger charge is -2.27. The maximum absolute atomic E-state index is 12.6. The van der Waals surface area contributed by atoms with Gasteiger partial charge in [0.05, 0.1) is 35.2 Å². The molecule has 8 nitrogen and oxygen atoms in total. The van der Waals surface area contributed by atoms with Crippen molar-refractivity contribution in [2.75, 3.05) is 35.9 Å². The first-order valence-electron chi connectivity index (χ1n) is 8.62. The summed E-state index contributed by atoms with van der Waals surface area (Å²) in [6.07, 6.45) is -4.85. The van der Waals surface area contributed by atoms with Crippen LogP contribution in [0.15, 0.2) is 29.2 Å². The second-order valence-corrected chi connectivity index (χ2v) is 7.98. The number of hydrogen-bond donors (Lipinski definition) is 1. The Balaban J connectivity index is 1.81. The lowest BCUT2D eigenvalue weighted by molar-refractivity contribution is -0.274. The van der Waals surface area contributed by atoms with E-state index >= 15 is 0 Å². The van der Waals surface area contributed by atoms with E-state index in [1.165, 1.54) is 0 Å². The molecule has 0 spiro atoms. The molecule has 0 saturated carbocycles. The highest BCUT2D eigenvalue weighted by molar-refractivity contribution is 7.92. The van der Waals surface area contributed by atoms with E-state index in [9.17, 15) is 21.6 Å². The van der Waals surface area contributed by atoms with Crippen molar-refractivity contribution in [2.24, 2.45) is 0 Å². The van der Waals surface area contributed by atoms with E-state index in [-0.39, 0.29) is 10.6 Å². The van der Waals surface area contributed by atoms with E-state index in [4.69, 9.17) is 4.74 Å². The molecule has 29 heavy (non-hydrogen) atoms. The summed E-state index contributed by atoms with van der Waals surface area (Å²) in [6, 6.07) is 3.91. The number of nitrogens with one attached hydrogen (secondary N) is 1. The first kappa shape index (κ1) is 21.1. The number of morpholine rings is 1. The van der Waals surface area contributed by atoms with Gasteiger partial charge in [0.1, 0.15) is 5.75 Å². The van der Waals surface area contributed by atoms with Crippen LogP contribution in [-0.2, 0) is 14.8 Å². The summed E-state index contributed by atoms with van der Waals surface area (Å²) in [5.41, 5.74) is 1.08. The minimum Gasteiger partial charge on any atom is -0.406 e. The summed E-state index contributed by atoms with van der Waals surface area (Å²) >= 11 is 0. The van der Waals surface area contributed by atoms with Crippen LogP contribution in [0.4, 0.5) is 24.8 Å². The molecule has 0 unspecified atom stereocenters. The monoisotopic (exact) mass is 432 g/mol. The van der Waals surface area contributed by atoms with Gasteiger partial charge in [0.2, 0.25) is 5.95 Å². The van der Waals surface area contributed by atoms with Crippen LogP contribution in [-0.4, -0.2) is 51.1 Å². The van der Waals surface area contributed by atoms with Crippen LogP contribution in [0, 0.1) is 13.8 Å². The molecule has 2 aromatic rings. The Kier molecular flexibility index (Phi) is 5.85. The molecule has 1 aromatic carbocycles. The molecular formula is C17H19F3N4O4S. The first-order chi connectivity index (χ1) is 13.5. The predicted octanol–water partition coefficient (Wildman–Crippen LogP) is 2.63. The molecule has 0 aliphatic carbocycles. The number of benzene rings is 1. The fourth-order valence-electron chi connectivity index (χ4n) is 2.76. The van der Waals surface area contributed by atoms with Crippen LogP contribution in [0.3, 0.4) is 0 Å². The number of alkyl halides is 3. The minimum absolute atomic E-state index is 0.219. The van der Waals surface area contributed by atoms with Gasteiger partial charge in [0, 0.05) is 13.1 Å². The molecule has 0 bridgehead atoms. The second-order valence-electron chi connectivity index (χ2n) is 6.29. The molecule has 1 aliphatic rings. The molecular weight excluding hydrogens is 413 g/mol. The molecule has 0 atom stereocenters. The zero-order chi connectivity index (χ0) is 21.2. The largest absolute Gasteiger partial charge is 0.573 e. The Labute approximate surface area is 165 Å². The van der Waals surface area contributed by atoms with E-state index in [1.807, 2.05) is 4.90 Å². The van der Waals surface area contributed by atoms with Crippen molar-refractivity contribution < 1.29 is 31.1 Å². The van der Waals surface area contributed by atoms with Crippen LogP contribution in [0.1, 0.15) is 11.4 Å². The standard InChI is InChI=1S/C17H19F3N4O4S/c1-11-15(12(2)22-16(21-11)24-7-9-27-10-8-24)23-29(25,26)14-5-3-13(4-6-14)28-17(18,19)20/h3-6,23H,7-10H2,1-2H3. The van der Waals surface area contributed by atoms with Crippen molar-refractivity contribution in [3.05, 3.63) is 35.7 Å². The summed E-state index contributed by atoms with van der Waals surface area (Å²) in [7, 11) is -4.06. The number of halogens is 3. The van der Waals surface area contributed by atoms with Crippen molar-refractivity contribution in [3.8, 4) is 5.75 Å². The van der Waals surface area contributed by atoms with Crippen LogP contribution < -0.4 is 14.4 Å². The Hall–Kier alpha value is -2.60. The van der Waals surface area contributed by atoms with Crippen molar-refractivity contribution in [3.63, 3.8) is 0 Å². The first-order valence-corrected chi connectivity index (χ1v) is 10.1. The van der Waals surface area contributed by atoms with Gasteiger partial charge in [-0.1, -0.05) is 0 Å². The number of anilines is 2. The van der Waals surface area contributed by atoms with Gasteiger partial charge in [-0.15, -0.1) is 13.2 Å². The van der Waals surface area contributed by atoms with Gasteiger partial charge in [0.25, 0.3) is 10.0 Å². The normalized spacial score (nSPS) is 15.3. The molecule has 12 heteroatoms. The van der Waals surface area contributed by atoms with Crippen molar-refractivity contribution in [1.82, 2.24) is 9.97 Å². The Bertz CT molecular complexity index is 952. The quantitative estimate of drug-likeness (QED) is 0.776. The van der Waals surface area contributed by atoms with Gasteiger partial charge in [-0.05, 0) is 38.1 Å². The second kappa shape index (κ2) is 8.03. The molecule has 1 saturated heterocycles. The van der Waals surface area contributed by atoms with Gasteiger partial charge in [-0.3, -0.25) is 4.72 Å². The number of ether oxygens (including phenoxy) is 2. The topological polar surface area (TPSA) is 93.6 Å². The number of rotatable bonds is 5. The number of aromatic nitrogens is 2. The summed E-state index contributed by atoms with van der Waals surface area (Å²) in [4.78, 5) is 10.5. The molecule has 2 heterocycles. The maximum Gasteiger partial charge on any atom is 0.573 e. The molecule has 1 aliphatic heterocycles. The smallest absolute Gasteiger partial charge is 0.406 e. The molecule has 0 radical (unpaired) electrons. The Morgan fingerprint density at radius 1 is 1.07 bits per heavy atom. The lowest BCUT2D eigenvalue weighted by atomic mass is 10.3. The van der Waals surface area contributed by atoms with E-state index in [1.54, 1.807) is 13.8 Å². The number of sulfonamides is 1. The van der Waals surface area contributed by atoms with Crippen molar-refractivity contribution in [2.45, 2.75) is 25.1 Å². The van der Waals surface area contributed by atoms with Crippen LogP contribution in [0.5, 0.6) is 5.75 Å². The number of aryl methyl sites for hydroxylation is 2. The fourth-order valence-corrected chi connectivity index (χ4v) is 3.94. The number of nitrogens with zero attached hydrogens (tertiary/aromatic N) is 3.